The topological polar surface area (TPSA) is 58.6 Å². The molecule has 1 amide bonds. The van der Waals surface area contributed by atoms with Crippen LogP contribution in [0.2, 0.25) is 0 Å². The summed E-state index contributed by atoms with van der Waals surface area (Å²) in [6, 6.07) is 16.5. The molecule has 2 aromatic carbocycles. The zero-order valence-corrected chi connectivity index (χ0v) is 19.8. The highest BCUT2D eigenvalue weighted by Gasteiger charge is 2.33. The fourth-order valence-electron chi connectivity index (χ4n) is 5.04. The van der Waals surface area contributed by atoms with E-state index in [2.05, 4.69) is 47.1 Å². The largest absolute Gasteiger partial charge is 0.379 e. The molecule has 3 heterocycles. The average Bonchev–Trinajstić information content (AvgIpc) is 3.35. The lowest BCUT2D eigenvalue weighted by Crippen LogP contribution is -2.37. The Kier molecular flexibility index (Phi) is 6.97. The van der Waals surface area contributed by atoms with Crippen molar-refractivity contribution in [3.63, 3.8) is 0 Å². The van der Waals surface area contributed by atoms with Crippen LogP contribution < -0.4 is 0 Å². The maximum Gasteiger partial charge on any atom is 0.254 e. The molecular weight excluding hydrogens is 424 g/mol. The van der Waals surface area contributed by atoms with Crippen molar-refractivity contribution in [1.29, 1.82) is 0 Å². The highest BCUT2D eigenvalue weighted by molar-refractivity contribution is 5.96. The van der Waals surface area contributed by atoms with Crippen molar-refractivity contribution in [3.05, 3.63) is 94.6 Å². The summed E-state index contributed by atoms with van der Waals surface area (Å²) in [5.41, 5.74) is 6.17. The van der Waals surface area contributed by atoms with Gasteiger partial charge in [-0.1, -0.05) is 48.0 Å². The third kappa shape index (κ3) is 5.18. The van der Waals surface area contributed by atoms with Crippen molar-refractivity contribution in [1.82, 2.24) is 19.8 Å². The molecule has 5 rings (SSSR count). The van der Waals surface area contributed by atoms with Crippen LogP contribution >= 0.6 is 0 Å². The second-order valence-electron chi connectivity index (χ2n) is 9.30. The van der Waals surface area contributed by atoms with Crippen LogP contribution in [0.3, 0.4) is 0 Å². The van der Waals surface area contributed by atoms with E-state index in [4.69, 9.17) is 9.72 Å². The minimum Gasteiger partial charge on any atom is -0.379 e. The molecular formula is C28H32N4O2. The molecule has 2 saturated heterocycles. The Bertz CT molecular complexity index is 1140. The zero-order chi connectivity index (χ0) is 23.3. The Labute approximate surface area is 201 Å². The molecule has 6 heteroatoms. The molecule has 1 atom stereocenters. The number of rotatable bonds is 6. The Hall–Kier alpha value is -3.09. The van der Waals surface area contributed by atoms with Gasteiger partial charge in [0.1, 0.15) is 0 Å². The molecule has 34 heavy (non-hydrogen) atoms. The molecule has 0 aliphatic carbocycles. The number of benzene rings is 2. The van der Waals surface area contributed by atoms with E-state index in [1.807, 2.05) is 35.5 Å². The summed E-state index contributed by atoms with van der Waals surface area (Å²) in [6.07, 6.45) is 6.30. The van der Waals surface area contributed by atoms with Gasteiger partial charge >= 0.3 is 0 Å². The standard InChI is InChI=1S/C28H32N4O2/c1-21-6-4-7-22(16-21)17-24-18-29-19-26(30-24)27-10-5-11-32(27)28(33)25-9-3-2-8-23(25)20-31-12-14-34-15-13-31/h2-4,6-9,16,18-19,27H,5,10-15,17,20H2,1H3. The van der Waals surface area contributed by atoms with Crippen LogP contribution in [0.5, 0.6) is 0 Å². The number of aromatic nitrogens is 2. The summed E-state index contributed by atoms with van der Waals surface area (Å²) in [4.78, 5) is 27.5. The fraction of sp³-hybridized carbons (Fsp3) is 0.393. The number of aryl methyl sites for hydroxylation is 1. The lowest BCUT2D eigenvalue weighted by Gasteiger charge is -2.29. The van der Waals surface area contributed by atoms with Crippen molar-refractivity contribution in [2.75, 3.05) is 32.8 Å². The quantitative estimate of drug-likeness (QED) is 0.557. The maximum atomic E-state index is 13.7. The predicted molar refractivity (Wildman–Crippen MR) is 132 cm³/mol. The molecule has 0 bridgehead atoms. The fourth-order valence-corrected chi connectivity index (χ4v) is 5.04. The number of hydrogen-bond donors (Lipinski definition) is 0. The highest BCUT2D eigenvalue weighted by Crippen LogP contribution is 2.33. The summed E-state index contributed by atoms with van der Waals surface area (Å²) < 4.78 is 5.48. The molecule has 176 valence electrons. The lowest BCUT2D eigenvalue weighted by atomic mass is 10.0. The summed E-state index contributed by atoms with van der Waals surface area (Å²) in [5.74, 6) is 0.0947. The Morgan fingerprint density at radius 1 is 1.06 bits per heavy atom. The molecule has 0 N–H and O–H groups in total. The van der Waals surface area contributed by atoms with Gasteiger partial charge < -0.3 is 9.64 Å². The van der Waals surface area contributed by atoms with Crippen molar-refractivity contribution in [2.24, 2.45) is 0 Å². The number of nitrogens with zero attached hydrogens (tertiary/aromatic N) is 4. The maximum absolute atomic E-state index is 13.7. The monoisotopic (exact) mass is 456 g/mol. The first-order valence-electron chi connectivity index (χ1n) is 12.2. The van der Waals surface area contributed by atoms with Crippen LogP contribution in [0.15, 0.2) is 60.9 Å². The summed E-state index contributed by atoms with van der Waals surface area (Å²) in [6.45, 7) is 6.93. The van der Waals surface area contributed by atoms with Crippen LogP contribution in [0.25, 0.3) is 0 Å². The molecule has 2 aliphatic rings. The normalized spacial score (nSPS) is 18.9. The number of ether oxygens (including phenoxy) is 1. The summed E-state index contributed by atoms with van der Waals surface area (Å²) in [5, 5.41) is 0. The number of morpholine rings is 1. The molecule has 3 aromatic rings. The molecule has 0 saturated carbocycles. The van der Waals surface area contributed by atoms with Gasteiger partial charge in [0.15, 0.2) is 0 Å². The van der Waals surface area contributed by atoms with E-state index >= 15 is 0 Å². The van der Waals surface area contributed by atoms with Gasteiger partial charge in [-0.2, -0.15) is 0 Å². The van der Waals surface area contributed by atoms with Gasteiger partial charge in [-0.25, -0.2) is 0 Å². The van der Waals surface area contributed by atoms with E-state index in [1.54, 1.807) is 0 Å². The van der Waals surface area contributed by atoms with Crippen molar-refractivity contribution in [3.8, 4) is 0 Å². The Balaban J connectivity index is 1.35. The highest BCUT2D eigenvalue weighted by atomic mass is 16.5. The van der Waals surface area contributed by atoms with Gasteiger partial charge in [0.2, 0.25) is 0 Å². The molecule has 1 unspecified atom stereocenters. The average molecular weight is 457 g/mol. The van der Waals surface area contributed by atoms with E-state index in [-0.39, 0.29) is 11.9 Å². The van der Waals surface area contributed by atoms with Crippen LogP contribution in [0.4, 0.5) is 0 Å². The van der Waals surface area contributed by atoms with E-state index in [0.29, 0.717) is 0 Å². The minimum atomic E-state index is -0.0334. The summed E-state index contributed by atoms with van der Waals surface area (Å²) in [7, 11) is 0. The Morgan fingerprint density at radius 2 is 1.91 bits per heavy atom. The molecule has 2 fully saturated rings. The van der Waals surface area contributed by atoms with Crippen LogP contribution in [0, 0.1) is 6.92 Å². The molecule has 6 nitrogen and oxygen atoms in total. The van der Waals surface area contributed by atoms with E-state index in [1.165, 1.54) is 11.1 Å². The van der Waals surface area contributed by atoms with E-state index < -0.39 is 0 Å². The second kappa shape index (κ2) is 10.5. The SMILES string of the molecule is Cc1cccc(Cc2cncc(C3CCCN3C(=O)c3ccccc3CN3CCOCC3)n2)c1. The number of carbonyl (C=O) groups is 1. The minimum absolute atomic E-state index is 0.0334. The summed E-state index contributed by atoms with van der Waals surface area (Å²) >= 11 is 0. The van der Waals surface area contributed by atoms with Gasteiger partial charge in [0.25, 0.3) is 5.91 Å². The van der Waals surface area contributed by atoms with Gasteiger partial charge in [-0.3, -0.25) is 19.7 Å². The molecule has 1 aromatic heterocycles. The van der Waals surface area contributed by atoms with Gasteiger partial charge in [0, 0.05) is 44.4 Å². The first-order chi connectivity index (χ1) is 16.7. The van der Waals surface area contributed by atoms with Crippen LogP contribution in [0.1, 0.15) is 57.3 Å². The van der Waals surface area contributed by atoms with Crippen molar-refractivity contribution < 1.29 is 9.53 Å². The number of carbonyl (C=O) groups excluding carboxylic acids is 1. The van der Waals surface area contributed by atoms with Crippen molar-refractivity contribution >= 4 is 5.91 Å². The third-order valence-electron chi connectivity index (χ3n) is 6.77. The lowest BCUT2D eigenvalue weighted by molar-refractivity contribution is 0.0339. The molecule has 0 spiro atoms. The van der Waals surface area contributed by atoms with E-state index in [9.17, 15) is 4.79 Å². The van der Waals surface area contributed by atoms with Gasteiger partial charge in [0.05, 0.1) is 36.8 Å². The van der Waals surface area contributed by atoms with Crippen LogP contribution in [-0.2, 0) is 17.7 Å². The number of likely N-dealkylation sites (tertiary alicyclic amines) is 1. The first-order valence-corrected chi connectivity index (χ1v) is 12.2. The molecule has 0 radical (unpaired) electrons. The predicted octanol–water partition coefficient (Wildman–Crippen LogP) is 4.19. The second-order valence-corrected chi connectivity index (χ2v) is 9.30. The van der Waals surface area contributed by atoms with Gasteiger partial charge in [-0.05, 0) is 37.0 Å². The first kappa shape index (κ1) is 22.7. The number of hydrogen-bond acceptors (Lipinski definition) is 5. The molecule has 2 aliphatic heterocycles. The van der Waals surface area contributed by atoms with Crippen LogP contribution in [-0.4, -0.2) is 58.5 Å². The smallest absolute Gasteiger partial charge is 0.254 e. The third-order valence-corrected chi connectivity index (χ3v) is 6.77. The van der Waals surface area contributed by atoms with E-state index in [0.717, 1.165) is 81.2 Å². The number of amides is 1. The van der Waals surface area contributed by atoms with Crippen molar-refractivity contribution in [2.45, 2.75) is 38.8 Å². The Morgan fingerprint density at radius 3 is 2.76 bits per heavy atom. The van der Waals surface area contributed by atoms with Gasteiger partial charge in [-0.15, -0.1) is 0 Å². The zero-order valence-electron chi connectivity index (χ0n) is 19.8.